The molecule has 2 aliphatic rings. The molecule has 1 aliphatic heterocycles. The van der Waals surface area contributed by atoms with Crippen molar-refractivity contribution in [2.75, 3.05) is 13.2 Å². The van der Waals surface area contributed by atoms with E-state index in [0.29, 0.717) is 19.4 Å². The number of hydrogen-bond acceptors (Lipinski definition) is 5. The third-order valence-corrected chi connectivity index (χ3v) is 4.96. The van der Waals surface area contributed by atoms with Gasteiger partial charge in [-0.25, -0.2) is 4.79 Å². The van der Waals surface area contributed by atoms with Gasteiger partial charge in [0.05, 0.1) is 0 Å². The lowest BCUT2D eigenvalue weighted by molar-refractivity contribution is -0.151. The summed E-state index contributed by atoms with van der Waals surface area (Å²) >= 11 is 0. The van der Waals surface area contributed by atoms with Crippen LogP contribution in [0.3, 0.4) is 0 Å². The van der Waals surface area contributed by atoms with Crippen molar-refractivity contribution in [2.45, 2.75) is 44.7 Å². The number of rotatable bonds is 6. The average molecular weight is 373 g/mol. The van der Waals surface area contributed by atoms with Gasteiger partial charge in [0, 0.05) is 6.54 Å². The number of carbonyl (C=O) groups is 4. The minimum atomic E-state index is -0.858. The van der Waals surface area contributed by atoms with E-state index in [4.69, 9.17) is 4.74 Å². The number of nitrogens with zero attached hydrogens (tertiary/aromatic N) is 1. The normalized spacial score (nSPS) is 17.9. The molecule has 1 saturated heterocycles. The number of esters is 1. The number of hydrogen-bond donors (Lipinski definition) is 2. The van der Waals surface area contributed by atoms with E-state index in [2.05, 4.69) is 10.6 Å². The van der Waals surface area contributed by atoms with E-state index in [-0.39, 0.29) is 5.91 Å². The molecule has 0 radical (unpaired) electrons. The first-order chi connectivity index (χ1) is 12.9. The molecule has 1 aromatic carbocycles. The first-order valence-electron chi connectivity index (χ1n) is 9.02. The summed E-state index contributed by atoms with van der Waals surface area (Å²) in [5, 5.41) is 5.34. The lowest BCUT2D eigenvalue weighted by Gasteiger charge is -2.19. The summed E-state index contributed by atoms with van der Waals surface area (Å²) in [5.74, 6) is -1.63. The van der Waals surface area contributed by atoms with Crippen molar-refractivity contribution in [3.05, 3.63) is 35.4 Å². The summed E-state index contributed by atoms with van der Waals surface area (Å²) in [6.45, 7) is 1.35. The van der Waals surface area contributed by atoms with Crippen molar-refractivity contribution in [3.63, 3.8) is 0 Å². The number of aryl methyl sites for hydroxylation is 1. The molecular weight excluding hydrogens is 350 g/mol. The molecule has 2 N–H and O–H groups in total. The van der Waals surface area contributed by atoms with Crippen molar-refractivity contribution >= 4 is 23.8 Å². The molecule has 1 spiro atoms. The van der Waals surface area contributed by atoms with Crippen LogP contribution in [0.25, 0.3) is 0 Å². The molecule has 1 heterocycles. The van der Waals surface area contributed by atoms with E-state index in [0.717, 1.165) is 28.9 Å². The van der Waals surface area contributed by atoms with Crippen molar-refractivity contribution in [1.29, 1.82) is 0 Å². The maximum atomic E-state index is 12.5. The summed E-state index contributed by atoms with van der Waals surface area (Å²) in [7, 11) is 0. The Balaban J connectivity index is 1.42. The molecule has 4 amide bonds. The number of imide groups is 1. The third-order valence-electron chi connectivity index (χ3n) is 4.96. The predicted molar refractivity (Wildman–Crippen MR) is 95.4 cm³/mol. The second kappa shape index (κ2) is 7.77. The topological polar surface area (TPSA) is 105 Å². The first kappa shape index (κ1) is 18.9. The maximum absolute atomic E-state index is 12.5. The highest BCUT2D eigenvalue weighted by Crippen LogP contribution is 2.34. The van der Waals surface area contributed by atoms with Crippen LogP contribution >= 0.6 is 0 Å². The molecule has 0 unspecified atom stereocenters. The summed E-state index contributed by atoms with van der Waals surface area (Å²) in [5.41, 5.74) is 1.20. The monoisotopic (exact) mass is 373 g/mol. The van der Waals surface area contributed by atoms with Crippen LogP contribution in [0.2, 0.25) is 0 Å². The molecule has 0 aromatic heterocycles. The molecule has 1 aromatic rings. The molecule has 27 heavy (non-hydrogen) atoms. The summed E-state index contributed by atoms with van der Waals surface area (Å²) in [6.07, 6.45) is 2.91. The van der Waals surface area contributed by atoms with Gasteiger partial charge in [-0.2, -0.15) is 0 Å². The van der Waals surface area contributed by atoms with Crippen LogP contribution in [0.15, 0.2) is 24.3 Å². The number of ether oxygens (including phenoxy) is 1. The van der Waals surface area contributed by atoms with Crippen LogP contribution in [0, 0.1) is 6.92 Å². The first-order valence-corrected chi connectivity index (χ1v) is 9.02. The summed E-state index contributed by atoms with van der Waals surface area (Å²) in [6, 6.07) is 7.10. The minimum absolute atomic E-state index is 0.326. The minimum Gasteiger partial charge on any atom is -0.454 e. The fraction of sp³-hybridized carbons (Fsp3) is 0.474. The number of carbonyl (C=O) groups excluding carboxylic acids is 4. The van der Waals surface area contributed by atoms with Gasteiger partial charge in [-0.1, -0.05) is 42.7 Å². The van der Waals surface area contributed by atoms with E-state index in [1.807, 2.05) is 31.2 Å². The number of amides is 4. The van der Waals surface area contributed by atoms with Crippen LogP contribution in [0.4, 0.5) is 4.79 Å². The molecule has 144 valence electrons. The van der Waals surface area contributed by atoms with Gasteiger partial charge in [-0.05, 0) is 25.3 Å². The second-order valence-corrected chi connectivity index (χ2v) is 7.03. The van der Waals surface area contributed by atoms with E-state index >= 15 is 0 Å². The van der Waals surface area contributed by atoms with Gasteiger partial charge >= 0.3 is 12.0 Å². The lowest BCUT2D eigenvalue weighted by Crippen LogP contribution is -2.44. The Bertz CT molecular complexity index is 753. The Morgan fingerprint density at radius 1 is 1.19 bits per heavy atom. The van der Waals surface area contributed by atoms with Gasteiger partial charge in [-0.15, -0.1) is 0 Å². The van der Waals surface area contributed by atoms with Crippen LogP contribution in [0.1, 0.15) is 36.8 Å². The van der Waals surface area contributed by atoms with E-state index < -0.39 is 36.6 Å². The lowest BCUT2D eigenvalue weighted by atomic mass is 9.98. The standard InChI is InChI=1S/C19H23N3O5/c1-13-4-6-14(7-5-13)10-20-15(23)12-27-16(24)11-22-17(25)19(21-18(22)26)8-2-3-9-19/h4-7H,2-3,8-12H2,1H3,(H,20,23)(H,21,26). The number of urea groups is 1. The Morgan fingerprint density at radius 2 is 1.85 bits per heavy atom. The smallest absolute Gasteiger partial charge is 0.326 e. The van der Waals surface area contributed by atoms with E-state index in [1.165, 1.54) is 0 Å². The summed E-state index contributed by atoms with van der Waals surface area (Å²) in [4.78, 5) is 49.1. The SMILES string of the molecule is Cc1ccc(CNC(=O)COC(=O)CN2C(=O)NC3(CCCC3)C2=O)cc1. The molecule has 1 saturated carbocycles. The zero-order valence-corrected chi connectivity index (χ0v) is 15.2. The Hall–Kier alpha value is -2.90. The van der Waals surface area contributed by atoms with Crippen molar-refractivity contribution in [1.82, 2.24) is 15.5 Å². The zero-order chi connectivity index (χ0) is 19.4. The van der Waals surface area contributed by atoms with Crippen molar-refractivity contribution in [2.24, 2.45) is 0 Å². The molecule has 1 aliphatic carbocycles. The Labute approximate surface area is 157 Å². The number of nitrogens with one attached hydrogen (secondary N) is 2. The number of benzene rings is 1. The third kappa shape index (κ3) is 4.27. The molecule has 8 nitrogen and oxygen atoms in total. The zero-order valence-electron chi connectivity index (χ0n) is 15.2. The predicted octanol–water partition coefficient (Wildman–Crippen LogP) is 1.02. The average Bonchev–Trinajstić information content (AvgIpc) is 3.20. The van der Waals surface area contributed by atoms with E-state index in [1.54, 1.807) is 0 Å². The molecule has 3 rings (SSSR count). The summed E-state index contributed by atoms with van der Waals surface area (Å²) < 4.78 is 4.90. The van der Waals surface area contributed by atoms with Gasteiger partial charge in [0.2, 0.25) is 0 Å². The second-order valence-electron chi connectivity index (χ2n) is 7.03. The Kier molecular flexibility index (Phi) is 5.43. The molecule has 0 bridgehead atoms. The van der Waals surface area contributed by atoms with Gasteiger partial charge < -0.3 is 15.4 Å². The fourth-order valence-corrected chi connectivity index (χ4v) is 3.42. The van der Waals surface area contributed by atoms with Gasteiger partial charge in [0.15, 0.2) is 6.61 Å². The Morgan fingerprint density at radius 3 is 2.52 bits per heavy atom. The van der Waals surface area contributed by atoms with Gasteiger partial charge in [0.1, 0.15) is 12.1 Å². The maximum Gasteiger partial charge on any atom is 0.326 e. The van der Waals surface area contributed by atoms with Crippen molar-refractivity contribution in [3.8, 4) is 0 Å². The van der Waals surface area contributed by atoms with Gasteiger partial charge in [0.25, 0.3) is 11.8 Å². The largest absolute Gasteiger partial charge is 0.454 e. The van der Waals surface area contributed by atoms with Crippen LogP contribution in [-0.2, 0) is 25.7 Å². The quantitative estimate of drug-likeness (QED) is 0.572. The highest BCUT2D eigenvalue weighted by atomic mass is 16.5. The van der Waals surface area contributed by atoms with Crippen LogP contribution < -0.4 is 10.6 Å². The molecule has 2 fully saturated rings. The van der Waals surface area contributed by atoms with Crippen molar-refractivity contribution < 1.29 is 23.9 Å². The van der Waals surface area contributed by atoms with Crippen LogP contribution in [-0.4, -0.2) is 47.4 Å². The molecular formula is C19H23N3O5. The van der Waals surface area contributed by atoms with Gasteiger partial charge in [-0.3, -0.25) is 19.3 Å². The van der Waals surface area contributed by atoms with E-state index in [9.17, 15) is 19.2 Å². The molecule has 0 atom stereocenters. The van der Waals surface area contributed by atoms with Crippen LogP contribution in [0.5, 0.6) is 0 Å². The fourth-order valence-electron chi connectivity index (χ4n) is 3.42. The highest BCUT2D eigenvalue weighted by molar-refractivity contribution is 6.08. The molecule has 8 heteroatoms. The highest BCUT2D eigenvalue weighted by Gasteiger charge is 2.52.